The quantitative estimate of drug-likeness (QED) is 0.649. The third kappa shape index (κ3) is 3.73. The normalized spacial score (nSPS) is 24.5. The van der Waals surface area contributed by atoms with Crippen LogP contribution >= 0.6 is 0 Å². The second-order valence-electron chi connectivity index (χ2n) is 8.99. The summed E-state index contributed by atoms with van der Waals surface area (Å²) in [5.74, 6) is 1.10. The molecule has 1 saturated carbocycles. The molecule has 1 aliphatic carbocycles. The van der Waals surface area contributed by atoms with Crippen LogP contribution in [0.2, 0.25) is 0 Å². The molecule has 2 aliphatic heterocycles. The molecule has 4 heteroatoms. The van der Waals surface area contributed by atoms with Gasteiger partial charge in [-0.05, 0) is 55.6 Å². The molecule has 1 aromatic rings. The summed E-state index contributed by atoms with van der Waals surface area (Å²) in [5, 5.41) is 3.77. The maximum Gasteiger partial charge on any atom is 0.193 e. The molecular weight excluding hydrogens is 334 g/mol. The van der Waals surface area contributed by atoms with Gasteiger partial charge in [-0.1, -0.05) is 37.1 Å². The zero-order valence-electron chi connectivity index (χ0n) is 17.1. The molecule has 27 heavy (non-hydrogen) atoms. The summed E-state index contributed by atoms with van der Waals surface area (Å²) >= 11 is 0. The highest BCUT2D eigenvalue weighted by molar-refractivity contribution is 5.80. The van der Waals surface area contributed by atoms with Gasteiger partial charge in [0.25, 0.3) is 0 Å². The summed E-state index contributed by atoms with van der Waals surface area (Å²) < 4.78 is 5.71. The lowest BCUT2D eigenvalue weighted by atomic mass is 9.72. The summed E-state index contributed by atoms with van der Waals surface area (Å²) in [6, 6.07) is 8.88. The summed E-state index contributed by atoms with van der Waals surface area (Å²) in [4.78, 5) is 7.17. The Morgan fingerprint density at radius 2 is 1.85 bits per heavy atom. The molecule has 4 rings (SSSR count). The highest BCUT2D eigenvalue weighted by Crippen LogP contribution is 2.45. The SMILES string of the molecule is CN=C(NCC1(c2ccccc2C)CCOCC1)N1CCC2(CCCC2)C1. The first kappa shape index (κ1) is 18.8. The lowest BCUT2D eigenvalue weighted by Gasteiger charge is -2.40. The van der Waals surface area contributed by atoms with E-state index in [-0.39, 0.29) is 5.41 Å². The van der Waals surface area contributed by atoms with E-state index < -0.39 is 0 Å². The number of benzene rings is 1. The largest absolute Gasteiger partial charge is 0.381 e. The minimum Gasteiger partial charge on any atom is -0.381 e. The Labute approximate surface area is 164 Å². The van der Waals surface area contributed by atoms with Gasteiger partial charge in [0.05, 0.1) is 0 Å². The van der Waals surface area contributed by atoms with Gasteiger partial charge < -0.3 is 15.0 Å². The Bertz CT molecular complexity index is 672. The van der Waals surface area contributed by atoms with Crippen molar-refractivity contribution in [2.24, 2.45) is 10.4 Å². The Morgan fingerprint density at radius 1 is 1.11 bits per heavy atom. The number of aliphatic imine (C=N–C) groups is 1. The number of guanidine groups is 1. The van der Waals surface area contributed by atoms with Crippen molar-refractivity contribution in [2.45, 2.75) is 57.3 Å². The van der Waals surface area contributed by atoms with E-state index in [1.54, 1.807) is 0 Å². The molecular formula is C23H35N3O. The molecule has 4 nitrogen and oxygen atoms in total. The average Bonchev–Trinajstić information content (AvgIpc) is 3.33. The van der Waals surface area contributed by atoms with Crippen molar-refractivity contribution in [3.63, 3.8) is 0 Å². The first-order chi connectivity index (χ1) is 13.2. The predicted octanol–water partition coefficient (Wildman–Crippen LogP) is 3.88. The molecule has 0 amide bonds. The Hall–Kier alpha value is -1.55. The number of aryl methyl sites for hydroxylation is 1. The molecule has 3 fully saturated rings. The van der Waals surface area contributed by atoms with Gasteiger partial charge in [-0.15, -0.1) is 0 Å². The Morgan fingerprint density at radius 3 is 2.56 bits per heavy atom. The van der Waals surface area contributed by atoms with Crippen molar-refractivity contribution in [1.82, 2.24) is 10.2 Å². The molecule has 148 valence electrons. The van der Waals surface area contributed by atoms with Gasteiger partial charge in [-0.25, -0.2) is 0 Å². The predicted molar refractivity (Wildman–Crippen MR) is 111 cm³/mol. The minimum atomic E-state index is 0.143. The fourth-order valence-corrected chi connectivity index (χ4v) is 5.70. The number of hydrogen-bond acceptors (Lipinski definition) is 2. The van der Waals surface area contributed by atoms with E-state index in [0.717, 1.165) is 45.1 Å². The topological polar surface area (TPSA) is 36.9 Å². The summed E-state index contributed by atoms with van der Waals surface area (Å²) in [6.45, 7) is 7.22. The number of rotatable bonds is 3. The van der Waals surface area contributed by atoms with Crippen molar-refractivity contribution < 1.29 is 4.74 Å². The summed E-state index contributed by atoms with van der Waals surface area (Å²) in [5.41, 5.74) is 3.58. The van der Waals surface area contributed by atoms with Gasteiger partial charge in [0.15, 0.2) is 5.96 Å². The van der Waals surface area contributed by atoms with Crippen molar-refractivity contribution in [1.29, 1.82) is 0 Å². The smallest absolute Gasteiger partial charge is 0.193 e. The number of nitrogens with one attached hydrogen (secondary N) is 1. The molecule has 0 atom stereocenters. The third-order valence-electron chi connectivity index (χ3n) is 7.37. The Balaban J connectivity index is 1.48. The first-order valence-corrected chi connectivity index (χ1v) is 10.8. The molecule has 3 aliphatic rings. The van der Waals surface area contributed by atoms with Gasteiger partial charge in [0.1, 0.15) is 0 Å². The minimum absolute atomic E-state index is 0.143. The van der Waals surface area contributed by atoms with Crippen LogP contribution in [-0.2, 0) is 10.2 Å². The van der Waals surface area contributed by atoms with E-state index in [0.29, 0.717) is 5.41 Å². The van der Waals surface area contributed by atoms with Gasteiger partial charge in [0.2, 0.25) is 0 Å². The highest BCUT2D eigenvalue weighted by Gasteiger charge is 2.42. The summed E-state index contributed by atoms with van der Waals surface area (Å²) in [7, 11) is 1.94. The molecule has 0 unspecified atom stereocenters. The van der Waals surface area contributed by atoms with Crippen LogP contribution in [0.3, 0.4) is 0 Å². The molecule has 2 saturated heterocycles. The molecule has 1 spiro atoms. The average molecular weight is 370 g/mol. The van der Waals surface area contributed by atoms with Crippen LogP contribution in [0.25, 0.3) is 0 Å². The zero-order valence-corrected chi connectivity index (χ0v) is 17.1. The number of nitrogens with zero attached hydrogens (tertiary/aromatic N) is 2. The lowest BCUT2D eigenvalue weighted by molar-refractivity contribution is 0.0510. The van der Waals surface area contributed by atoms with Crippen LogP contribution in [0.15, 0.2) is 29.3 Å². The molecule has 2 heterocycles. The van der Waals surface area contributed by atoms with Crippen molar-refractivity contribution in [3.8, 4) is 0 Å². The van der Waals surface area contributed by atoms with Crippen LogP contribution in [0.1, 0.15) is 56.1 Å². The van der Waals surface area contributed by atoms with E-state index in [9.17, 15) is 0 Å². The van der Waals surface area contributed by atoms with Crippen LogP contribution < -0.4 is 5.32 Å². The third-order valence-corrected chi connectivity index (χ3v) is 7.37. The fraction of sp³-hybridized carbons (Fsp3) is 0.696. The van der Waals surface area contributed by atoms with Crippen LogP contribution in [0, 0.1) is 12.3 Å². The van der Waals surface area contributed by atoms with E-state index in [2.05, 4.69) is 46.4 Å². The Kier molecular flexibility index (Phi) is 5.45. The van der Waals surface area contributed by atoms with E-state index >= 15 is 0 Å². The fourth-order valence-electron chi connectivity index (χ4n) is 5.70. The number of hydrogen-bond donors (Lipinski definition) is 1. The molecule has 1 aromatic carbocycles. The number of likely N-dealkylation sites (tertiary alicyclic amines) is 1. The first-order valence-electron chi connectivity index (χ1n) is 10.8. The van der Waals surface area contributed by atoms with Crippen molar-refractivity contribution in [2.75, 3.05) is 39.9 Å². The second-order valence-corrected chi connectivity index (χ2v) is 8.99. The molecule has 0 aromatic heterocycles. The van der Waals surface area contributed by atoms with Gasteiger partial charge in [-0.3, -0.25) is 4.99 Å². The lowest BCUT2D eigenvalue weighted by Crippen LogP contribution is -2.49. The van der Waals surface area contributed by atoms with Crippen molar-refractivity contribution >= 4 is 5.96 Å². The molecule has 0 bridgehead atoms. The van der Waals surface area contributed by atoms with E-state index in [4.69, 9.17) is 4.74 Å². The molecule has 0 radical (unpaired) electrons. The second kappa shape index (κ2) is 7.83. The van der Waals surface area contributed by atoms with Crippen LogP contribution in [-0.4, -0.2) is 50.8 Å². The maximum absolute atomic E-state index is 5.71. The van der Waals surface area contributed by atoms with Crippen LogP contribution in [0.4, 0.5) is 0 Å². The van der Waals surface area contributed by atoms with Crippen molar-refractivity contribution in [3.05, 3.63) is 35.4 Å². The zero-order chi connectivity index (χ0) is 18.7. The van der Waals surface area contributed by atoms with E-state index in [1.165, 1.54) is 49.8 Å². The van der Waals surface area contributed by atoms with Gasteiger partial charge >= 0.3 is 0 Å². The standard InChI is InChI=1S/C23H35N3O/c1-19-7-3-4-8-20(19)23(12-15-27-16-13-23)17-25-21(24-2)26-14-11-22(18-26)9-5-6-10-22/h3-4,7-8H,5-6,9-18H2,1-2H3,(H,24,25). The van der Waals surface area contributed by atoms with Gasteiger partial charge in [-0.2, -0.15) is 0 Å². The van der Waals surface area contributed by atoms with Crippen LogP contribution in [0.5, 0.6) is 0 Å². The maximum atomic E-state index is 5.71. The summed E-state index contributed by atoms with van der Waals surface area (Å²) in [6.07, 6.45) is 9.13. The monoisotopic (exact) mass is 369 g/mol. The highest BCUT2D eigenvalue weighted by atomic mass is 16.5. The van der Waals surface area contributed by atoms with Gasteiger partial charge in [0, 0.05) is 45.3 Å². The van der Waals surface area contributed by atoms with E-state index in [1.807, 2.05) is 7.05 Å². The molecule has 1 N–H and O–H groups in total. The number of ether oxygens (including phenoxy) is 1.